The third-order valence-corrected chi connectivity index (χ3v) is 5.01. The molecule has 0 bridgehead atoms. The molecule has 0 aliphatic heterocycles. The van der Waals surface area contributed by atoms with E-state index in [1.165, 1.54) is 0 Å². The fourth-order valence-corrected chi connectivity index (χ4v) is 3.47. The van der Waals surface area contributed by atoms with Crippen molar-refractivity contribution in [1.29, 1.82) is 0 Å². The number of hydrogen-bond acceptors (Lipinski definition) is 2. The second-order valence-corrected chi connectivity index (χ2v) is 7.19. The lowest BCUT2D eigenvalue weighted by molar-refractivity contribution is -0.116. The molecule has 0 saturated carbocycles. The van der Waals surface area contributed by atoms with Gasteiger partial charge in [-0.05, 0) is 55.7 Å². The van der Waals surface area contributed by atoms with Gasteiger partial charge in [0.15, 0.2) is 0 Å². The maximum absolute atomic E-state index is 12.9. The average molecular weight is 369 g/mol. The molecule has 0 unspecified atom stereocenters. The lowest BCUT2D eigenvalue weighted by atomic mass is 10.1. The fourth-order valence-electron chi connectivity index (χ4n) is 3.47. The Bertz CT molecular complexity index is 1170. The van der Waals surface area contributed by atoms with E-state index in [0.717, 1.165) is 44.8 Å². The molecule has 4 heteroatoms. The molecule has 0 fully saturated rings. The standard InChI is InChI=1S/C24H23N3O/c1-16-12-13-18(3)21(14-16)25-23(28)15-27-22-11-7-6-10-20(22)26-24(27)19-9-5-4-8-17(19)2/h4-14H,15H2,1-3H3,(H,25,28). The van der Waals surface area contributed by atoms with E-state index in [0.29, 0.717) is 0 Å². The molecule has 0 saturated heterocycles. The summed E-state index contributed by atoms with van der Waals surface area (Å²) in [6, 6.07) is 22.1. The minimum absolute atomic E-state index is 0.0633. The molecule has 0 radical (unpaired) electrons. The van der Waals surface area contributed by atoms with Crippen molar-refractivity contribution < 1.29 is 4.79 Å². The molecule has 4 nitrogen and oxygen atoms in total. The maximum atomic E-state index is 12.9. The number of nitrogens with one attached hydrogen (secondary N) is 1. The van der Waals surface area contributed by atoms with Gasteiger partial charge in [0.2, 0.25) is 5.91 Å². The average Bonchev–Trinajstić information content (AvgIpc) is 3.03. The topological polar surface area (TPSA) is 46.9 Å². The van der Waals surface area contributed by atoms with Gasteiger partial charge in [-0.15, -0.1) is 0 Å². The van der Waals surface area contributed by atoms with E-state index in [4.69, 9.17) is 4.98 Å². The zero-order valence-corrected chi connectivity index (χ0v) is 16.4. The van der Waals surface area contributed by atoms with Gasteiger partial charge in [0.1, 0.15) is 12.4 Å². The Balaban J connectivity index is 1.73. The van der Waals surface area contributed by atoms with Crippen LogP contribution in [0.4, 0.5) is 5.69 Å². The predicted octanol–water partition coefficient (Wildman–Crippen LogP) is 5.27. The van der Waals surface area contributed by atoms with Gasteiger partial charge in [-0.25, -0.2) is 4.98 Å². The summed E-state index contributed by atoms with van der Waals surface area (Å²) in [4.78, 5) is 17.7. The number of hydrogen-bond donors (Lipinski definition) is 1. The van der Waals surface area contributed by atoms with Gasteiger partial charge in [-0.2, -0.15) is 0 Å². The molecule has 0 aliphatic carbocycles. The van der Waals surface area contributed by atoms with Gasteiger partial charge in [0, 0.05) is 11.3 Å². The van der Waals surface area contributed by atoms with Crippen molar-refractivity contribution in [2.45, 2.75) is 27.3 Å². The van der Waals surface area contributed by atoms with E-state index in [2.05, 4.69) is 24.4 Å². The van der Waals surface area contributed by atoms with Gasteiger partial charge in [-0.1, -0.05) is 48.5 Å². The molecular weight excluding hydrogens is 346 g/mol. The van der Waals surface area contributed by atoms with E-state index in [1.807, 2.05) is 73.0 Å². The number of para-hydroxylation sites is 2. The van der Waals surface area contributed by atoms with Crippen molar-refractivity contribution in [3.8, 4) is 11.4 Å². The first-order chi connectivity index (χ1) is 13.5. The van der Waals surface area contributed by atoms with Gasteiger partial charge in [0.25, 0.3) is 0 Å². The minimum atomic E-state index is -0.0633. The van der Waals surface area contributed by atoms with E-state index >= 15 is 0 Å². The number of anilines is 1. The minimum Gasteiger partial charge on any atom is -0.324 e. The van der Waals surface area contributed by atoms with Crippen LogP contribution in [0.5, 0.6) is 0 Å². The number of nitrogens with zero attached hydrogens (tertiary/aromatic N) is 2. The predicted molar refractivity (Wildman–Crippen MR) is 114 cm³/mol. The van der Waals surface area contributed by atoms with E-state index in [1.54, 1.807) is 0 Å². The van der Waals surface area contributed by atoms with Crippen LogP contribution in [0.25, 0.3) is 22.4 Å². The molecule has 4 rings (SSSR count). The van der Waals surface area contributed by atoms with Crippen molar-refractivity contribution in [3.05, 3.63) is 83.4 Å². The molecule has 1 heterocycles. The van der Waals surface area contributed by atoms with Crippen LogP contribution in [0.1, 0.15) is 16.7 Å². The Morgan fingerprint density at radius 3 is 2.50 bits per heavy atom. The first kappa shape index (κ1) is 18.0. The number of fused-ring (bicyclic) bond motifs is 1. The zero-order valence-electron chi connectivity index (χ0n) is 16.4. The molecule has 0 atom stereocenters. The molecule has 140 valence electrons. The highest BCUT2D eigenvalue weighted by Crippen LogP contribution is 2.27. The van der Waals surface area contributed by atoms with Crippen LogP contribution in [-0.2, 0) is 11.3 Å². The summed E-state index contributed by atoms with van der Waals surface area (Å²) in [6.45, 7) is 6.29. The highest BCUT2D eigenvalue weighted by atomic mass is 16.1. The number of aryl methyl sites for hydroxylation is 3. The van der Waals surface area contributed by atoms with Crippen LogP contribution in [0, 0.1) is 20.8 Å². The summed E-state index contributed by atoms with van der Waals surface area (Å²) in [5.41, 5.74) is 7.04. The molecule has 1 aromatic heterocycles. The third kappa shape index (κ3) is 3.41. The molecule has 0 spiro atoms. The lowest BCUT2D eigenvalue weighted by Gasteiger charge is -2.13. The number of amides is 1. The summed E-state index contributed by atoms with van der Waals surface area (Å²) in [5.74, 6) is 0.752. The number of carbonyl (C=O) groups is 1. The summed E-state index contributed by atoms with van der Waals surface area (Å²) >= 11 is 0. The Morgan fingerprint density at radius 1 is 0.929 bits per heavy atom. The number of carbonyl (C=O) groups excluding carboxylic acids is 1. The van der Waals surface area contributed by atoms with Crippen LogP contribution in [0.2, 0.25) is 0 Å². The zero-order chi connectivity index (χ0) is 19.7. The van der Waals surface area contributed by atoms with Gasteiger partial charge in [0.05, 0.1) is 11.0 Å². The van der Waals surface area contributed by atoms with Crippen LogP contribution in [0.15, 0.2) is 66.7 Å². The Kier molecular flexibility index (Phi) is 4.70. The SMILES string of the molecule is Cc1ccc(C)c(NC(=O)Cn2c(-c3ccccc3C)nc3ccccc32)c1. The molecule has 1 amide bonds. The number of rotatable bonds is 4. The first-order valence-electron chi connectivity index (χ1n) is 9.41. The van der Waals surface area contributed by atoms with E-state index in [-0.39, 0.29) is 12.5 Å². The van der Waals surface area contributed by atoms with Crippen LogP contribution >= 0.6 is 0 Å². The second kappa shape index (κ2) is 7.31. The van der Waals surface area contributed by atoms with E-state index < -0.39 is 0 Å². The molecule has 4 aromatic rings. The summed E-state index contributed by atoms with van der Waals surface area (Å²) < 4.78 is 2.00. The number of imidazole rings is 1. The molecule has 0 aliphatic rings. The Labute approximate surface area is 164 Å². The van der Waals surface area contributed by atoms with Crippen molar-refractivity contribution in [1.82, 2.24) is 9.55 Å². The molecule has 3 aromatic carbocycles. The highest BCUT2D eigenvalue weighted by molar-refractivity contribution is 5.93. The Hall–Kier alpha value is -3.40. The first-order valence-corrected chi connectivity index (χ1v) is 9.41. The van der Waals surface area contributed by atoms with Crippen molar-refractivity contribution in [3.63, 3.8) is 0 Å². The molecule has 1 N–H and O–H groups in total. The summed E-state index contributed by atoms with van der Waals surface area (Å²) in [7, 11) is 0. The van der Waals surface area contributed by atoms with Gasteiger partial charge in [-0.3, -0.25) is 4.79 Å². The normalized spacial score (nSPS) is 11.0. The van der Waals surface area contributed by atoms with Crippen LogP contribution in [-0.4, -0.2) is 15.5 Å². The summed E-state index contributed by atoms with van der Waals surface area (Å²) in [6.07, 6.45) is 0. The largest absolute Gasteiger partial charge is 0.324 e. The fraction of sp³-hybridized carbons (Fsp3) is 0.167. The molecular formula is C24H23N3O. The second-order valence-electron chi connectivity index (χ2n) is 7.19. The van der Waals surface area contributed by atoms with Crippen LogP contribution in [0.3, 0.4) is 0 Å². The lowest BCUT2D eigenvalue weighted by Crippen LogP contribution is -2.20. The number of benzene rings is 3. The van der Waals surface area contributed by atoms with Crippen molar-refractivity contribution in [2.24, 2.45) is 0 Å². The van der Waals surface area contributed by atoms with Gasteiger partial charge >= 0.3 is 0 Å². The molecule has 28 heavy (non-hydrogen) atoms. The Morgan fingerprint density at radius 2 is 1.68 bits per heavy atom. The van der Waals surface area contributed by atoms with Crippen molar-refractivity contribution >= 4 is 22.6 Å². The monoisotopic (exact) mass is 369 g/mol. The summed E-state index contributed by atoms with van der Waals surface area (Å²) in [5, 5.41) is 3.06. The smallest absolute Gasteiger partial charge is 0.244 e. The third-order valence-electron chi connectivity index (χ3n) is 5.01. The quantitative estimate of drug-likeness (QED) is 0.533. The highest BCUT2D eigenvalue weighted by Gasteiger charge is 2.16. The number of aromatic nitrogens is 2. The maximum Gasteiger partial charge on any atom is 0.244 e. The van der Waals surface area contributed by atoms with E-state index in [9.17, 15) is 4.79 Å². The van der Waals surface area contributed by atoms with Crippen LogP contribution < -0.4 is 5.32 Å². The van der Waals surface area contributed by atoms with Gasteiger partial charge < -0.3 is 9.88 Å². The van der Waals surface area contributed by atoms with Crippen molar-refractivity contribution in [2.75, 3.05) is 5.32 Å².